The molecule has 10 nitrogen and oxygen atoms in total. The Labute approximate surface area is 280 Å². The van der Waals surface area contributed by atoms with Crippen molar-refractivity contribution in [1.82, 2.24) is 20.5 Å². The van der Waals surface area contributed by atoms with Crippen molar-refractivity contribution in [2.45, 2.75) is 94.9 Å². The molecule has 3 aromatic rings. The third-order valence-corrected chi connectivity index (χ3v) is 9.92. The molecule has 5 atom stereocenters. The maximum atomic E-state index is 14.3. The largest absolute Gasteiger partial charge is 0.488 e. The van der Waals surface area contributed by atoms with E-state index in [2.05, 4.69) is 29.3 Å². The van der Waals surface area contributed by atoms with Crippen LogP contribution in [0.15, 0.2) is 67.3 Å². The molecule has 1 aliphatic carbocycles. The van der Waals surface area contributed by atoms with E-state index in [1.165, 1.54) is 11.0 Å². The number of nitrogens with zero attached hydrogens (tertiary/aromatic N) is 2. The number of ether oxygens (including phenoxy) is 1. The quantitative estimate of drug-likeness (QED) is 0.285. The van der Waals surface area contributed by atoms with Gasteiger partial charge >= 0.3 is 5.97 Å². The molecular weight excluding hydrogens is 608 g/mol. The number of hydrogen-bond acceptors (Lipinski definition) is 6. The molecule has 6 rings (SSSR count). The van der Waals surface area contributed by atoms with Gasteiger partial charge in [0.25, 0.3) is 0 Å². The molecule has 3 aliphatic rings. The number of pyridine rings is 1. The fourth-order valence-corrected chi connectivity index (χ4v) is 7.05. The van der Waals surface area contributed by atoms with Crippen molar-refractivity contribution in [1.29, 1.82) is 0 Å². The van der Waals surface area contributed by atoms with Crippen molar-refractivity contribution < 1.29 is 29.0 Å². The van der Waals surface area contributed by atoms with E-state index >= 15 is 0 Å². The molecule has 1 saturated carbocycles. The number of aryl methyl sites for hydroxylation is 1. The molecule has 0 spiro atoms. The predicted octanol–water partition coefficient (Wildman–Crippen LogP) is 5.19. The summed E-state index contributed by atoms with van der Waals surface area (Å²) in [4.78, 5) is 59.9. The minimum absolute atomic E-state index is 0.102. The maximum absolute atomic E-state index is 14.3. The number of rotatable bonds is 8. The summed E-state index contributed by atoms with van der Waals surface area (Å²) in [6.07, 6.45) is 6.97. The summed E-state index contributed by atoms with van der Waals surface area (Å²) in [7, 11) is 0. The van der Waals surface area contributed by atoms with Gasteiger partial charge in [0.05, 0.1) is 17.8 Å². The standard InChI is InChI=1S/C38H44N4O6/c1-3-5-15-30-36(45)42-23-27(20-32(42)35(44)41-38(37(46)47)22-26(38)4-2)48-33-21-31(25-13-9-7-10-14-25)39-29-18-17-24(19-28(29)33)12-8-6-11-16-34(43)40-30/h4,7,9-10,13-14,17-19,21,26-27,30,32H,2-3,5-6,8,11-12,15-16,20,22-23H2,1H3,(H,40,43)(H,41,44)(H,46,47)/t26?,27-,30+,32+,38-/m1/s1. The van der Waals surface area contributed by atoms with Gasteiger partial charge in [-0.2, -0.15) is 0 Å². The normalized spacial score (nSPS) is 26.0. The maximum Gasteiger partial charge on any atom is 0.330 e. The first-order valence-electron chi connectivity index (χ1n) is 17.2. The van der Waals surface area contributed by atoms with Gasteiger partial charge in [-0.25, -0.2) is 9.78 Å². The molecule has 4 bridgehead atoms. The molecule has 1 saturated heterocycles. The van der Waals surface area contributed by atoms with Crippen molar-refractivity contribution in [2.24, 2.45) is 5.92 Å². The SMILES string of the molecule is C=CC1C[C@]1(NC(=O)[C@@H]1C[C@@H]2CN1C(=O)[C@H](CCCC)NC(=O)CCCCCc1ccc3nc(-c4ccccc4)cc(c3c1)O2)C(=O)O. The van der Waals surface area contributed by atoms with Crippen LogP contribution in [0.25, 0.3) is 22.2 Å². The molecule has 48 heavy (non-hydrogen) atoms. The van der Waals surface area contributed by atoms with Crippen LogP contribution in [0.5, 0.6) is 5.75 Å². The molecule has 2 aliphatic heterocycles. The molecule has 10 heteroatoms. The molecule has 3 amide bonds. The summed E-state index contributed by atoms with van der Waals surface area (Å²) in [6.45, 7) is 5.85. The summed E-state index contributed by atoms with van der Waals surface area (Å²) in [5.41, 5.74) is 2.14. The van der Waals surface area contributed by atoms with Gasteiger partial charge in [-0.1, -0.05) is 68.7 Å². The molecule has 3 N–H and O–H groups in total. The number of benzene rings is 2. The third-order valence-electron chi connectivity index (χ3n) is 9.92. The minimum Gasteiger partial charge on any atom is -0.488 e. The fraction of sp³-hybridized carbons (Fsp3) is 0.447. The van der Waals surface area contributed by atoms with Crippen LogP contribution >= 0.6 is 0 Å². The average Bonchev–Trinajstić information content (AvgIpc) is 3.65. The fourth-order valence-electron chi connectivity index (χ4n) is 7.05. The van der Waals surface area contributed by atoms with Gasteiger partial charge in [0.15, 0.2) is 0 Å². The predicted molar refractivity (Wildman–Crippen MR) is 182 cm³/mol. The number of carboxylic acid groups (broad SMARTS) is 1. The smallest absolute Gasteiger partial charge is 0.330 e. The van der Waals surface area contributed by atoms with Crippen molar-refractivity contribution >= 4 is 34.6 Å². The number of hydrogen-bond donors (Lipinski definition) is 3. The lowest BCUT2D eigenvalue weighted by Crippen LogP contribution is -2.56. The Morgan fingerprint density at radius 3 is 2.65 bits per heavy atom. The first-order valence-corrected chi connectivity index (χ1v) is 17.2. The second kappa shape index (κ2) is 14.2. The Morgan fingerprint density at radius 2 is 1.92 bits per heavy atom. The van der Waals surface area contributed by atoms with E-state index in [9.17, 15) is 24.3 Å². The van der Waals surface area contributed by atoms with Crippen LogP contribution in [-0.4, -0.2) is 69.0 Å². The van der Waals surface area contributed by atoms with Gasteiger partial charge in [-0.3, -0.25) is 14.4 Å². The molecule has 2 fully saturated rings. The number of carbonyl (C=O) groups excluding carboxylic acids is 3. The molecule has 1 aromatic heterocycles. The van der Waals surface area contributed by atoms with E-state index in [0.717, 1.165) is 59.8 Å². The van der Waals surface area contributed by atoms with E-state index in [-0.39, 0.29) is 31.2 Å². The van der Waals surface area contributed by atoms with Crippen molar-refractivity contribution in [3.05, 3.63) is 72.8 Å². The lowest BCUT2D eigenvalue weighted by atomic mass is 10.0. The first kappa shape index (κ1) is 33.2. The van der Waals surface area contributed by atoms with Gasteiger partial charge in [-0.15, -0.1) is 6.58 Å². The Kier molecular flexibility index (Phi) is 9.80. The van der Waals surface area contributed by atoms with E-state index in [4.69, 9.17) is 9.72 Å². The van der Waals surface area contributed by atoms with Gasteiger partial charge in [-0.05, 0) is 49.8 Å². The van der Waals surface area contributed by atoms with Crippen LogP contribution in [-0.2, 0) is 25.6 Å². The number of carboxylic acids is 1. The van der Waals surface area contributed by atoms with Crippen molar-refractivity contribution in [2.75, 3.05) is 6.54 Å². The average molecular weight is 653 g/mol. The Hall–Kier alpha value is -4.73. The Morgan fingerprint density at radius 1 is 1.12 bits per heavy atom. The number of carbonyl (C=O) groups is 4. The second-order valence-electron chi connectivity index (χ2n) is 13.3. The summed E-state index contributed by atoms with van der Waals surface area (Å²) in [5, 5.41) is 16.6. The van der Waals surface area contributed by atoms with Crippen LogP contribution in [0.4, 0.5) is 0 Å². The van der Waals surface area contributed by atoms with Crippen LogP contribution < -0.4 is 15.4 Å². The highest BCUT2D eigenvalue weighted by molar-refractivity contribution is 5.96. The number of nitrogens with one attached hydrogen (secondary N) is 2. The molecule has 3 heterocycles. The lowest BCUT2D eigenvalue weighted by Gasteiger charge is -2.29. The highest BCUT2D eigenvalue weighted by Gasteiger charge is 2.61. The zero-order valence-corrected chi connectivity index (χ0v) is 27.5. The topological polar surface area (TPSA) is 138 Å². The number of aliphatic carboxylic acids is 1. The molecule has 0 radical (unpaired) electrons. The van der Waals surface area contributed by atoms with Crippen LogP contribution in [0.3, 0.4) is 0 Å². The molecular formula is C38H44N4O6. The third kappa shape index (κ3) is 6.93. The van der Waals surface area contributed by atoms with Crippen molar-refractivity contribution in [3.63, 3.8) is 0 Å². The molecule has 2 aromatic carbocycles. The summed E-state index contributed by atoms with van der Waals surface area (Å²) < 4.78 is 6.73. The van der Waals surface area contributed by atoms with Gasteiger partial charge in [0.2, 0.25) is 17.7 Å². The van der Waals surface area contributed by atoms with Crippen LogP contribution in [0, 0.1) is 5.92 Å². The second-order valence-corrected chi connectivity index (χ2v) is 13.3. The highest BCUT2D eigenvalue weighted by atomic mass is 16.5. The lowest BCUT2D eigenvalue weighted by molar-refractivity contribution is -0.146. The molecule has 1 unspecified atom stereocenters. The zero-order chi connectivity index (χ0) is 33.8. The van der Waals surface area contributed by atoms with E-state index in [1.54, 1.807) is 0 Å². The number of unbranched alkanes of at least 4 members (excludes halogenated alkanes) is 1. The monoisotopic (exact) mass is 652 g/mol. The highest BCUT2D eigenvalue weighted by Crippen LogP contribution is 2.45. The minimum atomic E-state index is -1.45. The van der Waals surface area contributed by atoms with E-state index in [0.29, 0.717) is 25.0 Å². The zero-order valence-electron chi connectivity index (χ0n) is 27.5. The summed E-state index contributed by atoms with van der Waals surface area (Å²) in [6, 6.07) is 16.1. The van der Waals surface area contributed by atoms with Crippen molar-refractivity contribution in [3.8, 4) is 17.0 Å². The molecule has 252 valence electrons. The van der Waals surface area contributed by atoms with Gasteiger partial charge in [0, 0.05) is 35.8 Å². The van der Waals surface area contributed by atoms with Crippen LogP contribution in [0.1, 0.15) is 70.3 Å². The number of aromatic nitrogens is 1. The Balaban J connectivity index is 1.38. The van der Waals surface area contributed by atoms with E-state index in [1.807, 2.05) is 49.4 Å². The van der Waals surface area contributed by atoms with Gasteiger partial charge in [0.1, 0.15) is 29.5 Å². The van der Waals surface area contributed by atoms with Gasteiger partial charge < -0.3 is 25.4 Å². The first-order chi connectivity index (χ1) is 23.2. The number of amides is 3. The van der Waals surface area contributed by atoms with E-state index < -0.39 is 41.5 Å². The number of fused-ring (bicyclic) bond motifs is 3. The van der Waals surface area contributed by atoms with Crippen LogP contribution in [0.2, 0.25) is 0 Å². The summed E-state index contributed by atoms with van der Waals surface area (Å²) in [5.74, 6) is -2.03. The Bertz CT molecular complexity index is 1710. The summed E-state index contributed by atoms with van der Waals surface area (Å²) >= 11 is 0.